The SMILES string of the molecule is N#Cc1cnc(NCCc2ccc(F)cc2F)s1. The molecule has 0 unspecified atom stereocenters. The van der Waals surface area contributed by atoms with Gasteiger partial charge in [-0.15, -0.1) is 0 Å². The minimum absolute atomic E-state index is 0.424. The number of thiazole rings is 1. The summed E-state index contributed by atoms with van der Waals surface area (Å²) in [6.45, 7) is 0.473. The number of rotatable bonds is 4. The Morgan fingerprint density at radius 2 is 2.22 bits per heavy atom. The largest absolute Gasteiger partial charge is 0.361 e. The van der Waals surface area contributed by atoms with Gasteiger partial charge in [0.2, 0.25) is 0 Å². The first-order valence-corrected chi connectivity index (χ1v) is 6.04. The number of nitriles is 1. The molecular weight excluding hydrogens is 256 g/mol. The van der Waals surface area contributed by atoms with E-state index in [-0.39, 0.29) is 0 Å². The number of hydrogen-bond acceptors (Lipinski definition) is 4. The lowest BCUT2D eigenvalue weighted by Gasteiger charge is -2.04. The summed E-state index contributed by atoms with van der Waals surface area (Å²) in [4.78, 5) is 4.50. The van der Waals surface area contributed by atoms with Crippen molar-refractivity contribution in [3.8, 4) is 6.07 Å². The van der Waals surface area contributed by atoms with E-state index in [0.717, 1.165) is 6.07 Å². The van der Waals surface area contributed by atoms with Crippen LogP contribution in [0.2, 0.25) is 0 Å². The lowest BCUT2D eigenvalue weighted by molar-refractivity contribution is 0.572. The molecule has 0 atom stereocenters. The Labute approximate surface area is 107 Å². The summed E-state index contributed by atoms with van der Waals surface area (Å²) >= 11 is 1.24. The van der Waals surface area contributed by atoms with Gasteiger partial charge in [-0.25, -0.2) is 13.8 Å². The van der Waals surface area contributed by atoms with Crippen molar-refractivity contribution in [1.29, 1.82) is 5.26 Å². The topological polar surface area (TPSA) is 48.7 Å². The maximum Gasteiger partial charge on any atom is 0.183 e. The average molecular weight is 265 g/mol. The van der Waals surface area contributed by atoms with Crippen molar-refractivity contribution in [3.05, 3.63) is 46.5 Å². The van der Waals surface area contributed by atoms with E-state index in [9.17, 15) is 8.78 Å². The van der Waals surface area contributed by atoms with Gasteiger partial charge in [0.15, 0.2) is 5.13 Å². The van der Waals surface area contributed by atoms with Crippen LogP contribution in [0.4, 0.5) is 13.9 Å². The molecule has 1 N–H and O–H groups in total. The fourth-order valence-electron chi connectivity index (χ4n) is 1.44. The van der Waals surface area contributed by atoms with E-state index in [4.69, 9.17) is 5.26 Å². The predicted molar refractivity (Wildman–Crippen MR) is 65.4 cm³/mol. The number of halogens is 2. The highest BCUT2D eigenvalue weighted by molar-refractivity contribution is 7.16. The molecule has 0 fully saturated rings. The highest BCUT2D eigenvalue weighted by atomic mass is 32.1. The van der Waals surface area contributed by atoms with Crippen molar-refractivity contribution < 1.29 is 8.78 Å². The molecular formula is C12H9F2N3S. The Bertz CT molecular complexity index is 589. The third-order valence-corrected chi connectivity index (χ3v) is 3.16. The predicted octanol–water partition coefficient (Wildman–Crippen LogP) is 2.95. The Balaban J connectivity index is 1.90. The van der Waals surface area contributed by atoms with E-state index in [2.05, 4.69) is 10.3 Å². The van der Waals surface area contributed by atoms with Gasteiger partial charge in [0.05, 0.1) is 6.20 Å². The summed E-state index contributed by atoms with van der Waals surface area (Å²) in [6, 6.07) is 5.51. The molecule has 1 heterocycles. The Morgan fingerprint density at radius 3 is 2.89 bits per heavy atom. The molecule has 0 radical (unpaired) electrons. The fourth-order valence-corrected chi connectivity index (χ4v) is 2.08. The molecule has 6 heteroatoms. The van der Waals surface area contributed by atoms with E-state index >= 15 is 0 Å². The van der Waals surface area contributed by atoms with Crippen LogP contribution < -0.4 is 5.32 Å². The van der Waals surface area contributed by atoms with Crippen LogP contribution in [0.1, 0.15) is 10.4 Å². The molecule has 0 aliphatic rings. The zero-order chi connectivity index (χ0) is 13.0. The minimum Gasteiger partial charge on any atom is -0.361 e. The van der Waals surface area contributed by atoms with Gasteiger partial charge in [0.25, 0.3) is 0 Å². The van der Waals surface area contributed by atoms with Gasteiger partial charge in [0, 0.05) is 12.6 Å². The molecule has 2 aromatic rings. The third kappa shape index (κ3) is 3.02. The molecule has 1 aromatic carbocycles. The minimum atomic E-state index is -0.581. The van der Waals surface area contributed by atoms with Crippen LogP contribution in [0.3, 0.4) is 0 Å². The number of nitrogens with zero attached hydrogens (tertiary/aromatic N) is 2. The van der Waals surface area contributed by atoms with E-state index in [1.807, 2.05) is 6.07 Å². The normalized spacial score (nSPS) is 10.1. The van der Waals surface area contributed by atoms with Gasteiger partial charge < -0.3 is 5.32 Å². The maximum absolute atomic E-state index is 13.3. The van der Waals surface area contributed by atoms with Crippen molar-refractivity contribution in [2.45, 2.75) is 6.42 Å². The van der Waals surface area contributed by atoms with Gasteiger partial charge >= 0.3 is 0 Å². The Morgan fingerprint density at radius 1 is 1.39 bits per heavy atom. The van der Waals surface area contributed by atoms with E-state index in [1.54, 1.807) is 0 Å². The second kappa shape index (κ2) is 5.56. The number of anilines is 1. The molecule has 0 aliphatic carbocycles. The van der Waals surface area contributed by atoms with E-state index in [1.165, 1.54) is 29.7 Å². The molecule has 0 saturated heterocycles. The summed E-state index contributed by atoms with van der Waals surface area (Å²) in [6.07, 6.45) is 1.90. The van der Waals surface area contributed by atoms with Crippen LogP contribution in [0.5, 0.6) is 0 Å². The quantitative estimate of drug-likeness (QED) is 0.924. The molecule has 0 saturated carbocycles. The zero-order valence-corrected chi connectivity index (χ0v) is 10.1. The van der Waals surface area contributed by atoms with Crippen LogP contribution in [-0.4, -0.2) is 11.5 Å². The number of nitrogens with one attached hydrogen (secondary N) is 1. The van der Waals surface area contributed by atoms with Gasteiger partial charge in [-0.3, -0.25) is 0 Å². The molecule has 0 aliphatic heterocycles. The first-order valence-electron chi connectivity index (χ1n) is 5.23. The number of aromatic nitrogens is 1. The van der Waals surface area contributed by atoms with Crippen molar-refractivity contribution in [1.82, 2.24) is 4.98 Å². The molecule has 0 spiro atoms. The summed E-state index contributed by atoms with van der Waals surface area (Å²) in [7, 11) is 0. The van der Waals surface area contributed by atoms with Gasteiger partial charge in [-0.2, -0.15) is 5.26 Å². The lowest BCUT2D eigenvalue weighted by Crippen LogP contribution is -2.05. The van der Waals surface area contributed by atoms with Crippen molar-refractivity contribution in [2.75, 3.05) is 11.9 Å². The fraction of sp³-hybridized carbons (Fsp3) is 0.167. The second-order valence-electron chi connectivity index (χ2n) is 3.55. The zero-order valence-electron chi connectivity index (χ0n) is 9.28. The number of hydrogen-bond donors (Lipinski definition) is 1. The molecule has 18 heavy (non-hydrogen) atoms. The third-order valence-electron chi connectivity index (χ3n) is 2.30. The first-order chi connectivity index (χ1) is 8.69. The lowest BCUT2D eigenvalue weighted by atomic mass is 10.1. The molecule has 0 amide bonds. The smallest absolute Gasteiger partial charge is 0.183 e. The molecule has 92 valence electrons. The monoisotopic (exact) mass is 265 g/mol. The van der Waals surface area contributed by atoms with E-state index in [0.29, 0.717) is 28.5 Å². The summed E-state index contributed by atoms with van der Waals surface area (Å²) in [5.41, 5.74) is 0.445. The highest BCUT2D eigenvalue weighted by Crippen LogP contribution is 2.17. The van der Waals surface area contributed by atoms with E-state index < -0.39 is 11.6 Å². The average Bonchev–Trinajstić information content (AvgIpc) is 2.80. The summed E-state index contributed by atoms with van der Waals surface area (Å²) in [5, 5.41) is 12.2. The van der Waals surface area contributed by atoms with Gasteiger partial charge in [0.1, 0.15) is 22.6 Å². The van der Waals surface area contributed by atoms with Crippen LogP contribution in [-0.2, 0) is 6.42 Å². The molecule has 1 aromatic heterocycles. The Hall–Kier alpha value is -2.00. The van der Waals surface area contributed by atoms with Crippen molar-refractivity contribution in [2.24, 2.45) is 0 Å². The number of benzene rings is 1. The molecule has 2 rings (SSSR count). The standard InChI is InChI=1S/C12H9F2N3S/c13-9-2-1-8(11(14)5-9)3-4-16-12-17-7-10(6-15)18-12/h1-2,5,7H,3-4H2,(H,16,17). The van der Waals surface area contributed by atoms with Crippen LogP contribution >= 0.6 is 11.3 Å². The van der Waals surface area contributed by atoms with Crippen LogP contribution in [0.25, 0.3) is 0 Å². The van der Waals surface area contributed by atoms with Crippen molar-refractivity contribution in [3.63, 3.8) is 0 Å². The molecule has 3 nitrogen and oxygen atoms in total. The van der Waals surface area contributed by atoms with Crippen LogP contribution in [0, 0.1) is 23.0 Å². The summed E-state index contributed by atoms with van der Waals surface area (Å²) < 4.78 is 26.0. The summed E-state index contributed by atoms with van der Waals surface area (Å²) in [5.74, 6) is -1.13. The van der Waals surface area contributed by atoms with Gasteiger partial charge in [-0.05, 0) is 18.1 Å². The van der Waals surface area contributed by atoms with Crippen LogP contribution in [0.15, 0.2) is 24.4 Å². The highest BCUT2D eigenvalue weighted by Gasteiger charge is 2.04. The Kier molecular flexibility index (Phi) is 3.85. The molecule has 0 bridgehead atoms. The van der Waals surface area contributed by atoms with Gasteiger partial charge in [-0.1, -0.05) is 17.4 Å². The van der Waals surface area contributed by atoms with Crippen molar-refractivity contribution >= 4 is 16.5 Å². The first kappa shape index (κ1) is 12.5. The second-order valence-corrected chi connectivity index (χ2v) is 4.58. The maximum atomic E-state index is 13.3.